The fourth-order valence-electron chi connectivity index (χ4n) is 2.47. The molecule has 0 spiro atoms. The minimum absolute atomic E-state index is 0.263. The van der Waals surface area contributed by atoms with Crippen LogP contribution in [0.1, 0.15) is 24.5 Å². The van der Waals surface area contributed by atoms with Gasteiger partial charge in [-0.25, -0.2) is 9.67 Å². The van der Waals surface area contributed by atoms with E-state index >= 15 is 0 Å². The summed E-state index contributed by atoms with van der Waals surface area (Å²) >= 11 is 0. The number of ether oxygens (including phenoxy) is 1. The third kappa shape index (κ3) is 1.97. The van der Waals surface area contributed by atoms with Crippen LogP contribution in [0.4, 0.5) is 0 Å². The summed E-state index contributed by atoms with van der Waals surface area (Å²) in [5.41, 5.74) is 5.92. The van der Waals surface area contributed by atoms with Gasteiger partial charge in [0, 0.05) is 38.6 Å². The second kappa shape index (κ2) is 4.14. The smallest absolute Gasteiger partial charge is 0.151 e. The van der Waals surface area contributed by atoms with Crippen LogP contribution in [-0.2, 0) is 24.1 Å². The van der Waals surface area contributed by atoms with E-state index in [0.717, 1.165) is 57.1 Å². The Morgan fingerprint density at radius 2 is 2.38 bits per heavy atom. The molecule has 3 rings (SSSR count). The minimum atomic E-state index is 0.263. The Balaban J connectivity index is 1.71. The van der Waals surface area contributed by atoms with Gasteiger partial charge in [0.15, 0.2) is 5.82 Å². The zero-order valence-electron chi connectivity index (χ0n) is 9.43. The van der Waals surface area contributed by atoms with E-state index in [1.807, 2.05) is 4.68 Å². The summed E-state index contributed by atoms with van der Waals surface area (Å²) in [6.07, 6.45) is 3.98. The first-order chi connectivity index (χ1) is 7.81. The third-order valence-electron chi connectivity index (χ3n) is 3.44. The second-order valence-electron chi connectivity index (χ2n) is 4.85. The molecule has 0 aromatic carbocycles. The SMILES string of the molecule is NC1CCn2nc(CC3CCOC3)nc2C1. The van der Waals surface area contributed by atoms with Crippen LogP contribution in [0, 0.1) is 5.92 Å². The highest BCUT2D eigenvalue weighted by Crippen LogP contribution is 2.18. The molecule has 2 N–H and O–H groups in total. The van der Waals surface area contributed by atoms with Crippen molar-refractivity contribution in [2.24, 2.45) is 11.7 Å². The van der Waals surface area contributed by atoms with E-state index in [4.69, 9.17) is 10.5 Å². The molecule has 3 heterocycles. The molecule has 2 aliphatic heterocycles. The maximum atomic E-state index is 5.92. The summed E-state index contributed by atoms with van der Waals surface area (Å²) in [7, 11) is 0. The molecule has 0 radical (unpaired) electrons. The largest absolute Gasteiger partial charge is 0.381 e. The van der Waals surface area contributed by atoms with E-state index in [0.29, 0.717) is 5.92 Å². The number of nitrogens with zero attached hydrogens (tertiary/aromatic N) is 3. The molecule has 1 fully saturated rings. The summed E-state index contributed by atoms with van der Waals surface area (Å²) in [6.45, 7) is 2.68. The van der Waals surface area contributed by atoms with E-state index in [1.54, 1.807) is 0 Å². The van der Waals surface area contributed by atoms with Gasteiger partial charge < -0.3 is 10.5 Å². The Morgan fingerprint density at radius 3 is 3.19 bits per heavy atom. The van der Waals surface area contributed by atoms with Crippen LogP contribution in [0.25, 0.3) is 0 Å². The molecule has 0 amide bonds. The summed E-state index contributed by atoms with van der Waals surface area (Å²) in [5, 5.41) is 4.54. The Labute approximate surface area is 95.0 Å². The van der Waals surface area contributed by atoms with Gasteiger partial charge in [0.05, 0.1) is 0 Å². The van der Waals surface area contributed by atoms with Gasteiger partial charge in [-0.2, -0.15) is 5.10 Å². The van der Waals surface area contributed by atoms with Crippen LogP contribution in [-0.4, -0.2) is 34.0 Å². The lowest BCUT2D eigenvalue weighted by Gasteiger charge is -2.17. The summed E-state index contributed by atoms with van der Waals surface area (Å²) in [5.74, 6) is 2.64. The molecular formula is C11H18N4O. The van der Waals surface area contributed by atoms with Gasteiger partial charge in [-0.1, -0.05) is 0 Å². The van der Waals surface area contributed by atoms with Gasteiger partial charge in [0.1, 0.15) is 5.82 Å². The Hall–Kier alpha value is -0.940. The number of hydrogen-bond acceptors (Lipinski definition) is 4. The highest BCUT2D eigenvalue weighted by atomic mass is 16.5. The third-order valence-corrected chi connectivity index (χ3v) is 3.44. The first-order valence-electron chi connectivity index (χ1n) is 6.07. The van der Waals surface area contributed by atoms with Crippen molar-refractivity contribution in [2.75, 3.05) is 13.2 Å². The Bertz CT molecular complexity index is 370. The average molecular weight is 222 g/mol. The predicted molar refractivity (Wildman–Crippen MR) is 58.9 cm³/mol. The highest BCUT2D eigenvalue weighted by Gasteiger charge is 2.22. The van der Waals surface area contributed by atoms with Crippen LogP contribution >= 0.6 is 0 Å². The molecule has 1 saturated heterocycles. The van der Waals surface area contributed by atoms with E-state index in [2.05, 4.69) is 10.1 Å². The zero-order valence-corrected chi connectivity index (χ0v) is 9.43. The number of nitrogens with two attached hydrogens (primary N) is 1. The molecule has 2 atom stereocenters. The number of hydrogen-bond donors (Lipinski definition) is 1. The van der Waals surface area contributed by atoms with Crippen LogP contribution < -0.4 is 5.73 Å². The summed E-state index contributed by atoms with van der Waals surface area (Å²) in [6, 6.07) is 0.263. The summed E-state index contributed by atoms with van der Waals surface area (Å²) < 4.78 is 7.39. The van der Waals surface area contributed by atoms with Crippen molar-refractivity contribution in [3.05, 3.63) is 11.6 Å². The quantitative estimate of drug-likeness (QED) is 0.772. The fraction of sp³-hybridized carbons (Fsp3) is 0.818. The predicted octanol–water partition coefficient (Wildman–Crippen LogP) is 0.131. The van der Waals surface area contributed by atoms with Gasteiger partial charge in [-0.05, 0) is 18.8 Å². The van der Waals surface area contributed by atoms with E-state index in [1.165, 1.54) is 0 Å². The van der Waals surface area contributed by atoms with Crippen molar-refractivity contribution in [1.29, 1.82) is 0 Å². The number of fused-ring (bicyclic) bond motifs is 1. The van der Waals surface area contributed by atoms with Crippen LogP contribution in [0.5, 0.6) is 0 Å². The molecular weight excluding hydrogens is 204 g/mol. The molecule has 0 bridgehead atoms. The topological polar surface area (TPSA) is 66.0 Å². The highest BCUT2D eigenvalue weighted by molar-refractivity contribution is 4.99. The molecule has 0 saturated carbocycles. The van der Waals surface area contributed by atoms with Gasteiger partial charge in [0.2, 0.25) is 0 Å². The van der Waals surface area contributed by atoms with Crippen LogP contribution in [0.2, 0.25) is 0 Å². The van der Waals surface area contributed by atoms with Crippen molar-refractivity contribution in [2.45, 2.75) is 38.3 Å². The van der Waals surface area contributed by atoms with Gasteiger partial charge >= 0.3 is 0 Å². The molecule has 2 aliphatic rings. The number of aromatic nitrogens is 3. The molecule has 5 nitrogen and oxygen atoms in total. The van der Waals surface area contributed by atoms with E-state index in [9.17, 15) is 0 Å². The zero-order chi connectivity index (χ0) is 11.0. The monoisotopic (exact) mass is 222 g/mol. The molecule has 5 heteroatoms. The average Bonchev–Trinajstić information content (AvgIpc) is 2.86. The molecule has 88 valence electrons. The molecule has 2 unspecified atom stereocenters. The lowest BCUT2D eigenvalue weighted by molar-refractivity contribution is 0.185. The van der Waals surface area contributed by atoms with Crippen molar-refractivity contribution < 1.29 is 4.74 Å². The fourth-order valence-corrected chi connectivity index (χ4v) is 2.47. The van der Waals surface area contributed by atoms with Crippen LogP contribution in [0.15, 0.2) is 0 Å². The maximum absolute atomic E-state index is 5.92. The number of rotatable bonds is 2. The lowest BCUT2D eigenvalue weighted by atomic mass is 10.1. The van der Waals surface area contributed by atoms with E-state index in [-0.39, 0.29) is 6.04 Å². The molecule has 16 heavy (non-hydrogen) atoms. The molecule has 0 aliphatic carbocycles. The van der Waals surface area contributed by atoms with E-state index < -0.39 is 0 Å². The first kappa shape index (κ1) is 10.2. The molecule has 1 aromatic heterocycles. The molecule has 1 aromatic rings. The van der Waals surface area contributed by atoms with Crippen molar-refractivity contribution in [3.8, 4) is 0 Å². The minimum Gasteiger partial charge on any atom is -0.381 e. The van der Waals surface area contributed by atoms with Gasteiger partial charge in [0.25, 0.3) is 0 Å². The Kier molecular flexibility index (Phi) is 2.65. The van der Waals surface area contributed by atoms with Crippen LogP contribution in [0.3, 0.4) is 0 Å². The lowest BCUT2D eigenvalue weighted by Crippen LogP contribution is -2.31. The Morgan fingerprint density at radius 1 is 1.44 bits per heavy atom. The first-order valence-corrected chi connectivity index (χ1v) is 6.07. The second-order valence-corrected chi connectivity index (χ2v) is 4.85. The standard InChI is InChI=1S/C11H18N4O/c12-9-1-3-15-11(6-9)13-10(14-15)5-8-2-4-16-7-8/h8-9H,1-7,12H2. The normalized spacial score (nSPS) is 29.3. The van der Waals surface area contributed by atoms with Gasteiger partial charge in [-0.15, -0.1) is 0 Å². The van der Waals surface area contributed by atoms with Crippen molar-refractivity contribution >= 4 is 0 Å². The number of aryl methyl sites for hydroxylation is 1. The van der Waals surface area contributed by atoms with Crippen molar-refractivity contribution in [1.82, 2.24) is 14.8 Å². The maximum Gasteiger partial charge on any atom is 0.151 e. The van der Waals surface area contributed by atoms with Crippen molar-refractivity contribution in [3.63, 3.8) is 0 Å². The summed E-state index contributed by atoms with van der Waals surface area (Å²) in [4.78, 5) is 4.58. The van der Waals surface area contributed by atoms with Gasteiger partial charge in [-0.3, -0.25) is 0 Å².